The molecule has 0 fully saturated rings. The smallest absolute Gasteiger partial charge is 0.371 e. The number of aromatic carboxylic acids is 1. The Bertz CT molecular complexity index is 464. The fourth-order valence-corrected chi connectivity index (χ4v) is 2.85. The molecule has 0 aliphatic rings. The molecule has 138 valence electrons. The maximum Gasteiger partial charge on any atom is 0.371 e. The third kappa shape index (κ3) is 8.99. The van der Waals surface area contributed by atoms with Gasteiger partial charge in [-0.25, -0.2) is 4.79 Å². The molecule has 1 heterocycles. The zero-order valence-corrected chi connectivity index (χ0v) is 15.7. The van der Waals surface area contributed by atoms with E-state index < -0.39 is 5.97 Å². The Labute approximate surface area is 146 Å². The molecule has 24 heavy (non-hydrogen) atoms. The Hall–Kier alpha value is -1.45. The Morgan fingerprint density at radius 3 is 2.12 bits per heavy atom. The van der Waals surface area contributed by atoms with Crippen molar-refractivity contribution in [2.45, 2.75) is 72.6 Å². The van der Waals surface area contributed by atoms with Crippen LogP contribution in [0, 0.1) is 17.8 Å². The third-order valence-electron chi connectivity index (χ3n) is 4.52. The molecule has 1 N–H and O–H groups in total. The average molecular weight is 338 g/mol. The van der Waals surface area contributed by atoms with Gasteiger partial charge in [-0.2, -0.15) is 0 Å². The van der Waals surface area contributed by atoms with Gasteiger partial charge in [0.25, 0.3) is 5.95 Å². The first-order valence-corrected chi connectivity index (χ1v) is 9.34. The van der Waals surface area contributed by atoms with Crippen LogP contribution in [-0.4, -0.2) is 17.7 Å². The quantitative estimate of drug-likeness (QED) is 0.478. The minimum absolute atomic E-state index is 0.0792. The molecule has 1 aromatic rings. The molecule has 1 aromatic heterocycles. The summed E-state index contributed by atoms with van der Waals surface area (Å²) in [6.45, 7) is 9.76. The maximum absolute atomic E-state index is 10.7. The Balaban J connectivity index is 2.07. The van der Waals surface area contributed by atoms with Crippen molar-refractivity contribution >= 4 is 5.97 Å². The lowest BCUT2D eigenvalue weighted by molar-refractivity contribution is 0.0653. The lowest BCUT2D eigenvalue weighted by Gasteiger charge is -2.15. The van der Waals surface area contributed by atoms with Crippen LogP contribution in [-0.2, 0) is 0 Å². The number of hydrogen-bond acceptors (Lipinski definition) is 3. The van der Waals surface area contributed by atoms with E-state index in [-0.39, 0.29) is 5.76 Å². The van der Waals surface area contributed by atoms with Crippen LogP contribution < -0.4 is 4.74 Å². The number of carbonyl (C=O) groups is 1. The molecule has 0 saturated heterocycles. The summed E-state index contributed by atoms with van der Waals surface area (Å²) in [6.07, 6.45) is 8.80. The lowest BCUT2D eigenvalue weighted by atomic mass is 9.93. The van der Waals surface area contributed by atoms with Gasteiger partial charge in [-0.1, -0.05) is 66.2 Å². The van der Waals surface area contributed by atoms with Gasteiger partial charge in [0.15, 0.2) is 0 Å². The average Bonchev–Trinajstić information content (AvgIpc) is 2.96. The van der Waals surface area contributed by atoms with Gasteiger partial charge in [0.1, 0.15) is 0 Å². The largest absolute Gasteiger partial charge is 0.475 e. The molecule has 0 amide bonds. The van der Waals surface area contributed by atoms with E-state index in [4.69, 9.17) is 14.3 Å². The van der Waals surface area contributed by atoms with Crippen molar-refractivity contribution in [2.75, 3.05) is 6.61 Å². The van der Waals surface area contributed by atoms with Crippen LogP contribution in [0.5, 0.6) is 5.95 Å². The first kappa shape index (κ1) is 20.6. The molecular weight excluding hydrogens is 304 g/mol. The van der Waals surface area contributed by atoms with E-state index in [9.17, 15) is 4.79 Å². The standard InChI is InChI=1S/C20H34O4/c1-15(2)7-5-8-16(3)9-6-10-17(4)13-14-23-19-12-11-18(24-19)20(21)22/h11-12,15-17H,5-10,13-14H2,1-4H3,(H,21,22). The second-order valence-electron chi connectivity index (χ2n) is 7.53. The van der Waals surface area contributed by atoms with Gasteiger partial charge in [0.05, 0.1) is 6.61 Å². The topological polar surface area (TPSA) is 59.7 Å². The highest BCUT2D eigenvalue weighted by Gasteiger charge is 2.10. The highest BCUT2D eigenvalue weighted by molar-refractivity contribution is 5.84. The van der Waals surface area contributed by atoms with Crippen LogP contribution in [0.2, 0.25) is 0 Å². The van der Waals surface area contributed by atoms with Crippen LogP contribution in [0.3, 0.4) is 0 Å². The van der Waals surface area contributed by atoms with Crippen LogP contribution >= 0.6 is 0 Å². The van der Waals surface area contributed by atoms with Gasteiger partial charge in [0, 0.05) is 6.07 Å². The maximum atomic E-state index is 10.7. The molecule has 0 bridgehead atoms. The van der Waals surface area contributed by atoms with Gasteiger partial charge < -0.3 is 14.3 Å². The molecule has 2 atom stereocenters. The third-order valence-corrected chi connectivity index (χ3v) is 4.52. The highest BCUT2D eigenvalue weighted by atomic mass is 16.6. The van der Waals surface area contributed by atoms with E-state index in [2.05, 4.69) is 27.7 Å². The van der Waals surface area contributed by atoms with Crippen LogP contribution in [0.1, 0.15) is 83.2 Å². The van der Waals surface area contributed by atoms with E-state index >= 15 is 0 Å². The molecule has 1 rings (SSSR count). The minimum atomic E-state index is -1.07. The van der Waals surface area contributed by atoms with Crippen molar-refractivity contribution in [1.29, 1.82) is 0 Å². The monoisotopic (exact) mass is 338 g/mol. The summed E-state index contributed by atoms with van der Waals surface area (Å²) in [6, 6.07) is 2.98. The fraction of sp³-hybridized carbons (Fsp3) is 0.750. The zero-order valence-electron chi connectivity index (χ0n) is 15.7. The molecule has 2 unspecified atom stereocenters. The van der Waals surface area contributed by atoms with Crippen molar-refractivity contribution in [3.05, 3.63) is 17.9 Å². The molecule has 0 saturated carbocycles. The first-order valence-electron chi connectivity index (χ1n) is 9.34. The summed E-state index contributed by atoms with van der Waals surface area (Å²) in [5.41, 5.74) is 0. The van der Waals surface area contributed by atoms with E-state index in [1.54, 1.807) is 6.07 Å². The van der Waals surface area contributed by atoms with E-state index in [0.717, 1.165) is 18.3 Å². The van der Waals surface area contributed by atoms with Gasteiger partial charge in [-0.15, -0.1) is 0 Å². The van der Waals surface area contributed by atoms with Gasteiger partial charge in [-0.05, 0) is 30.2 Å². The molecule has 0 aliphatic heterocycles. The van der Waals surface area contributed by atoms with Gasteiger partial charge in [-0.3, -0.25) is 0 Å². The Morgan fingerprint density at radius 2 is 1.58 bits per heavy atom. The van der Waals surface area contributed by atoms with Crippen molar-refractivity contribution in [2.24, 2.45) is 17.8 Å². The predicted octanol–water partition coefficient (Wildman–Crippen LogP) is 6.02. The molecule has 0 radical (unpaired) electrons. The van der Waals surface area contributed by atoms with Crippen molar-refractivity contribution in [3.63, 3.8) is 0 Å². The van der Waals surface area contributed by atoms with E-state index in [0.29, 0.717) is 18.5 Å². The fourth-order valence-electron chi connectivity index (χ4n) is 2.85. The van der Waals surface area contributed by atoms with E-state index in [1.165, 1.54) is 44.6 Å². The number of carboxylic acid groups (broad SMARTS) is 1. The molecule has 4 nitrogen and oxygen atoms in total. The molecular formula is C20H34O4. The normalized spacial score (nSPS) is 13.9. The predicted molar refractivity (Wildman–Crippen MR) is 96.6 cm³/mol. The second kappa shape index (κ2) is 11.2. The molecule has 0 spiro atoms. The highest BCUT2D eigenvalue weighted by Crippen LogP contribution is 2.21. The first-order chi connectivity index (χ1) is 11.4. The number of furan rings is 1. The second-order valence-corrected chi connectivity index (χ2v) is 7.53. The molecule has 4 heteroatoms. The lowest BCUT2D eigenvalue weighted by Crippen LogP contribution is -2.05. The van der Waals surface area contributed by atoms with Crippen LogP contribution in [0.25, 0.3) is 0 Å². The Kier molecular flexibility index (Phi) is 9.58. The Morgan fingerprint density at radius 1 is 1.00 bits per heavy atom. The molecule has 0 aromatic carbocycles. The minimum Gasteiger partial charge on any atom is -0.475 e. The van der Waals surface area contributed by atoms with Crippen molar-refractivity contribution in [1.82, 2.24) is 0 Å². The van der Waals surface area contributed by atoms with Gasteiger partial charge >= 0.3 is 5.97 Å². The van der Waals surface area contributed by atoms with Gasteiger partial charge in [0.2, 0.25) is 5.76 Å². The SMILES string of the molecule is CC(C)CCCC(C)CCCC(C)CCOc1ccc(C(=O)O)o1. The zero-order chi connectivity index (χ0) is 17.9. The van der Waals surface area contributed by atoms with Crippen LogP contribution in [0.4, 0.5) is 0 Å². The number of carboxylic acids is 1. The summed E-state index contributed by atoms with van der Waals surface area (Å²) in [5.74, 6) is 1.40. The number of ether oxygens (including phenoxy) is 1. The number of hydrogen-bond donors (Lipinski definition) is 1. The summed E-state index contributed by atoms with van der Waals surface area (Å²) < 4.78 is 10.6. The van der Waals surface area contributed by atoms with Crippen LogP contribution in [0.15, 0.2) is 16.5 Å². The molecule has 0 aliphatic carbocycles. The van der Waals surface area contributed by atoms with E-state index in [1.807, 2.05) is 0 Å². The number of rotatable bonds is 13. The summed E-state index contributed by atoms with van der Waals surface area (Å²) in [4.78, 5) is 10.7. The summed E-state index contributed by atoms with van der Waals surface area (Å²) >= 11 is 0. The van der Waals surface area contributed by atoms with Crippen molar-refractivity contribution in [3.8, 4) is 5.95 Å². The van der Waals surface area contributed by atoms with Crippen molar-refractivity contribution < 1.29 is 19.1 Å². The summed E-state index contributed by atoms with van der Waals surface area (Å²) in [5, 5.41) is 8.79. The summed E-state index contributed by atoms with van der Waals surface area (Å²) in [7, 11) is 0.